The number of esters is 1. The minimum Gasteiger partial charge on any atom is -0.453 e. The molecule has 0 aliphatic rings. The molecule has 0 spiro atoms. The Labute approximate surface area is 174 Å². The number of rotatable bonds is 6. The summed E-state index contributed by atoms with van der Waals surface area (Å²) in [5.41, 5.74) is 1.30. The van der Waals surface area contributed by atoms with E-state index in [0.717, 1.165) is 23.1 Å². The number of halogens is 2. The number of carbonyl (C=O) groups excluding carboxylic acids is 2. The molecule has 4 aromatic rings. The molecule has 0 radical (unpaired) electrons. The molecule has 150 valence electrons. The molecule has 4 rings (SSSR count). The molecule has 2 aromatic heterocycles. The third kappa shape index (κ3) is 4.04. The molecule has 8 heteroatoms. The van der Waals surface area contributed by atoms with Gasteiger partial charge in [-0.2, -0.15) is 5.10 Å². The van der Waals surface area contributed by atoms with Crippen molar-refractivity contribution in [2.45, 2.75) is 0 Å². The summed E-state index contributed by atoms with van der Waals surface area (Å²) in [6, 6.07) is 17.1. The van der Waals surface area contributed by atoms with Crippen molar-refractivity contribution in [3.05, 3.63) is 95.0 Å². The average molecular weight is 424 g/mol. The van der Waals surface area contributed by atoms with Gasteiger partial charge in [-0.25, -0.2) is 18.3 Å². The Morgan fingerprint density at radius 1 is 0.967 bits per heavy atom. The van der Waals surface area contributed by atoms with E-state index >= 15 is 0 Å². The number of carbonyl (C=O) groups is 2. The SMILES string of the molecule is O=C(COC(=O)c1cc(-c2cccs2)nn1-c1ccccc1)c1ccc(F)c(F)c1. The molecular weight excluding hydrogens is 410 g/mol. The maximum atomic E-state index is 13.3. The van der Waals surface area contributed by atoms with Crippen LogP contribution in [-0.2, 0) is 4.74 Å². The number of Topliss-reactive ketones (excluding diaryl/α,β-unsaturated/α-hetero) is 1. The van der Waals surface area contributed by atoms with E-state index in [2.05, 4.69) is 5.10 Å². The zero-order valence-corrected chi connectivity index (χ0v) is 16.2. The maximum absolute atomic E-state index is 13.3. The fraction of sp³-hybridized carbons (Fsp3) is 0.0455. The van der Waals surface area contributed by atoms with Gasteiger partial charge in [0.15, 0.2) is 29.7 Å². The Morgan fingerprint density at radius 3 is 2.47 bits per heavy atom. The van der Waals surface area contributed by atoms with Crippen LogP contribution in [-0.4, -0.2) is 28.1 Å². The van der Waals surface area contributed by atoms with Gasteiger partial charge in [-0.3, -0.25) is 4.79 Å². The Hall–Kier alpha value is -3.65. The van der Waals surface area contributed by atoms with Crippen LogP contribution in [0.2, 0.25) is 0 Å². The van der Waals surface area contributed by atoms with Crippen molar-refractivity contribution >= 4 is 23.1 Å². The van der Waals surface area contributed by atoms with Gasteiger partial charge in [0, 0.05) is 11.6 Å². The van der Waals surface area contributed by atoms with E-state index in [9.17, 15) is 18.4 Å². The van der Waals surface area contributed by atoms with Gasteiger partial charge in [0.05, 0.1) is 10.6 Å². The minimum atomic E-state index is -1.14. The summed E-state index contributed by atoms with van der Waals surface area (Å²) in [4.78, 5) is 25.8. The van der Waals surface area contributed by atoms with Gasteiger partial charge in [-0.1, -0.05) is 24.3 Å². The smallest absolute Gasteiger partial charge is 0.357 e. The molecule has 2 aromatic carbocycles. The summed E-state index contributed by atoms with van der Waals surface area (Å²) in [5, 5.41) is 6.40. The monoisotopic (exact) mass is 424 g/mol. The molecule has 5 nitrogen and oxygen atoms in total. The second kappa shape index (κ2) is 8.38. The number of para-hydroxylation sites is 1. The predicted molar refractivity (Wildman–Crippen MR) is 108 cm³/mol. The first-order valence-corrected chi connectivity index (χ1v) is 9.75. The summed E-state index contributed by atoms with van der Waals surface area (Å²) < 4.78 is 33.0. The van der Waals surface area contributed by atoms with Gasteiger partial charge in [0.2, 0.25) is 0 Å². The van der Waals surface area contributed by atoms with Crippen LogP contribution >= 0.6 is 11.3 Å². The molecule has 2 heterocycles. The van der Waals surface area contributed by atoms with Crippen molar-refractivity contribution in [1.29, 1.82) is 0 Å². The lowest BCUT2D eigenvalue weighted by atomic mass is 10.1. The number of benzene rings is 2. The highest BCUT2D eigenvalue weighted by atomic mass is 32.1. The zero-order valence-electron chi connectivity index (χ0n) is 15.4. The lowest BCUT2D eigenvalue weighted by Crippen LogP contribution is -2.17. The van der Waals surface area contributed by atoms with Crippen molar-refractivity contribution < 1.29 is 23.1 Å². The van der Waals surface area contributed by atoms with E-state index in [1.165, 1.54) is 16.0 Å². The number of ether oxygens (including phenoxy) is 1. The maximum Gasteiger partial charge on any atom is 0.357 e. The fourth-order valence-corrected chi connectivity index (χ4v) is 3.48. The molecule has 0 unspecified atom stereocenters. The van der Waals surface area contributed by atoms with E-state index in [1.54, 1.807) is 18.2 Å². The number of thiophene rings is 1. The van der Waals surface area contributed by atoms with Crippen LogP contribution in [0.25, 0.3) is 16.3 Å². The van der Waals surface area contributed by atoms with Gasteiger partial charge in [-0.05, 0) is 41.8 Å². The Morgan fingerprint density at radius 2 is 1.77 bits per heavy atom. The first-order valence-electron chi connectivity index (χ1n) is 8.87. The van der Waals surface area contributed by atoms with Crippen LogP contribution in [0.3, 0.4) is 0 Å². The first kappa shape index (κ1) is 19.7. The molecule has 0 aliphatic carbocycles. The molecule has 0 saturated carbocycles. The molecule has 0 aliphatic heterocycles. The van der Waals surface area contributed by atoms with Gasteiger partial charge in [0.25, 0.3) is 0 Å². The van der Waals surface area contributed by atoms with Crippen LogP contribution in [0.15, 0.2) is 72.1 Å². The van der Waals surface area contributed by atoms with Crippen molar-refractivity contribution in [1.82, 2.24) is 9.78 Å². The van der Waals surface area contributed by atoms with Crippen molar-refractivity contribution in [3.8, 4) is 16.3 Å². The molecule has 0 N–H and O–H groups in total. The van der Waals surface area contributed by atoms with Crippen LogP contribution in [0.5, 0.6) is 0 Å². The lowest BCUT2D eigenvalue weighted by Gasteiger charge is -2.07. The Kier molecular flexibility index (Phi) is 5.49. The van der Waals surface area contributed by atoms with Crippen LogP contribution in [0.4, 0.5) is 8.78 Å². The topological polar surface area (TPSA) is 61.2 Å². The number of aromatic nitrogens is 2. The number of hydrogen-bond acceptors (Lipinski definition) is 5. The van der Waals surface area contributed by atoms with E-state index in [-0.39, 0.29) is 11.3 Å². The van der Waals surface area contributed by atoms with Crippen molar-refractivity contribution in [3.63, 3.8) is 0 Å². The molecule has 0 amide bonds. The summed E-state index contributed by atoms with van der Waals surface area (Å²) in [6.07, 6.45) is 0. The van der Waals surface area contributed by atoms with Crippen molar-refractivity contribution in [2.75, 3.05) is 6.61 Å². The van der Waals surface area contributed by atoms with E-state index in [1.807, 2.05) is 35.7 Å². The number of hydrogen-bond donors (Lipinski definition) is 0. The van der Waals surface area contributed by atoms with Crippen molar-refractivity contribution in [2.24, 2.45) is 0 Å². The van der Waals surface area contributed by atoms with Gasteiger partial charge < -0.3 is 4.74 Å². The second-order valence-corrected chi connectivity index (χ2v) is 7.22. The third-order valence-electron chi connectivity index (χ3n) is 4.27. The van der Waals surface area contributed by atoms with Crippen LogP contribution < -0.4 is 0 Å². The normalized spacial score (nSPS) is 10.7. The summed E-state index contributed by atoms with van der Waals surface area (Å²) >= 11 is 1.47. The largest absolute Gasteiger partial charge is 0.453 e. The Balaban J connectivity index is 1.58. The highest BCUT2D eigenvalue weighted by molar-refractivity contribution is 7.13. The third-order valence-corrected chi connectivity index (χ3v) is 5.16. The van der Waals surface area contributed by atoms with Crippen LogP contribution in [0.1, 0.15) is 20.8 Å². The van der Waals surface area contributed by atoms with Gasteiger partial charge in [-0.15, -0.1) is 11.3 Å². The quantitative estimate of drug-likeness (QED) is 0.326. The molecular formula is C22H14F2N2O3S. The minimum absolute atomic E-state index is 0.0856. The molecule has 0 atom stereocenters. The Bertz CT molecular complexity index is 1200. The molecule has 0 fully saturated rings. The zero-order chi connectivity index (χ0) is 21.1. The average Bonchev–Trinajstić information content (AvgIpc) is 3.44. The predicted octanol–water partition coefficient (Wildman–Crippen LogP) is 4.92. The summed E-state index contributed by atoms with van der Waals surface area (Å²) in [6.45, 7) is -0.613. The highest BCUT2D eigenvalue weighted by Crippen LogP contribution is 2.26. The van der Waals surface area contributed by atoms with Crippen LogP contribution in [0, 0.1) is 11.6 Å². The fourth-order valence-electron chi connectivity index (χ4n) is 2.80. The lowest BCUT2D eigenvalue weighted by molar-refractivity contribution is 0.0465. The number of nitrogens with zero attached hydrogens (tertiary/aromatic N) is 2. The van der Waals surface area contributed by atoms with E-state index < -0.39 is 30.0 Å². The van der Waals surface area contributed by atoms with E-state index in [4.69, 9.17) is 4.74 Å². The summed E-state index contributed by atoms with van der Waals surface area (Å²) in [7, 11) is 0. The van der Waals surface area contributed by atoms with Gasteiger partial charge in [0.1, 0.15) is 5.69 Å². The molecule has 0 saturated heterocycles. The standard InChI is InChI=1S/C22H14F2N2O3S/c23-16-9-8-14(11-17(16)24)20(27)13-29-22(28)19-12-18(21-7-4-10-30-21)25-26(19)15-5-2-1-3-6-15/h1-12H,13H2. The highest BCUT2D eigenvalue weighted by Gasteiger charge is 2.21. The molecule has 0 bridgehead atoms. The second-order valence-electron chi connectivity index (χ2n) is 6.27. The number of ketones is 1. The van der Waals surface area contributed by atoms with E-state index in [0.29, 0.717) is 11.4 Å². The molecule has 30 heavy (non-hydrogen) atoms. The van der Waals surface area contributed by atoms with Gasteiger partial charge >= 0.3 is 5.97 Å². The first-order chi connectivity index (χ1) is 14.5. The summed E-state index contributed by atoms with van der Waals surface area (Å²) in [5.74, 6) is -3.61.